The van der Waals surface area contributed by atoms with Crippen LogP contribution >= 0.6 is 0 Å². The van der Waals surface area contributed by atoms with Gasteiger partial charge in [-0.15, -0.1) is 0 Å². The number of carbonyl (C=O) groups is 1. The van der Waals surface area contributed by atoms with Crippen molar-refractivity contribution in [3.63, 3.8) is 0 Å². The fourth-order valence-electron chi connectivity index (χ4n) is 3.12. The number of hydrogen-bond acceptors (Lipinski definition) is 4. The third kappa shape index (κ3) is 3.80. The number of aromatic nitrogens is 4. The van der Waals surface area contributed by atoms with Crippen molar-refractivity contribution in [3.8, 4) is 11.5 Å². The Morgan fingerprint density at radius 2 is 2.17 bits per heavy atom. The summed E-state index contributed by atoms with van der Waals surface area (Å²) in [6, 6.07) is 1.99. The monoisotopic (exact) mass is 327 g/mol. The fraction of sp³-hybridized carbons (Fsp3) is 0.556. The minimum absolute atomic E-state index is 0.0210. The zero-order valence-corrected chi connectivity index (χ0v) is 14.8. The van der Waals surface area contributed by atoms with Crippen LogP contribution in [0.2, 0.25) is 0 Å². The van der Waals surface area contributed by atoms with Crippen LogP contribution < -0.4 is 0 Å². The molecule has 1 fully saturated rings. The van der Waals surface area contributed by atoms with Crippen LogP contribution in [0.3, 0.4) is 0 Å². The van der Waals surface area contributed by atoms with Gasteiger partial charge in [0.05, 0.1) is 0 Å². The van der Waals surface area contributed by atoms with Gasteiger partial charge in [-0.05, 0) is 24.8 Å². The number of aromatic amines is 1. The molecule has 6 heteroatoms. The summed E-state index contributed by atoms with van der Waals surface area (Å²) in [4.78, 5) is 30.8. The van der Waals surface area contributed by atoms with Gasteiger partial charge < -0.3 is 9.88 Å². The number of amides is 1. The summed E-state index contributed by atoms with van der Waals surface area (Å²) >= 11 is 0. The minimum Gasteiger partial charge on any atom is -0.343 e. The van der Waals surface area contributed by atoms with Crippen molar-refractivity contribution in [2.75, 3.05) is 13.1 Å². The van der Waals surface area contributed by atoms with Crippen LogP contribution in [0.1, 0.15) is 51.0 Å². The molecule has 0 radical (unpaired) electrons. The predicted octanol–water partition coefficient (Wildman–Crippen LogP) is 2.93. The van der Waals surface area contributed by atoms with E-state index < -0.39 is 0 Å². The molecular weight excluding hydrogens is 302 g/mol. The third-order valence-electron chi connectivity index (χ3n) is 4.24. The molecule has 1 aliphatic heterocycles. The SMILES string of the molecule is Cc1nc(-c2ncc[nH]2)cc([C@@H]2CCN(C(=O)CC(C)(C)C)C2)n1. The first-order chi connectivity index (χ1) is 11.3. The van der Waals surface area contributed by atoms with Crippen molar-refractivity contribution >= 4 is 5.91 Å². The number of likely N-dealkylation sites (tertiary alicyclic amines) is 1. The van der Waals surface area contributed by atoms with Gasteiger partial charge in [0.1, 0.15) is 11.5 Å². The number of hydrogen-bond donors (Lipinski definition) is 1. The van der Waals surface area contributed by atoms with Gasteiger partial charge >= 0.3 is 0 Å². The maximum atomic E-state index is 12.4. The molecule has 0 spiro atoms. The number of aryl methyl sites for hydroxylation is 1. The highest BCUT2D eigenvalue weighted by molar-refractivity contribution is 5.77. The van der Waals surface area contributed by atoms with Gasteiger partial charge in [-0.1, -0.05) is 20.8 Å². The second-order valence-corrected chi connectivity index (χ2v) is 7.73. The lowest BCUT2D eigenvalue weighted by Gasteiger charge is -2.23. The van der Waals surface area contributed by atoms with Crippen molar-refractivity contribution in [2.45, 2.75) is 46.5 Å². The van der Waals surface area contributed by atoms with Crippen LogP contribution in [0.5, 0.6) is 0 Å². The van der Waals surface area contributed by atoms with Crippen LogP contribution in [0.15, 0.2) is 18.5 Å². The summed E-state index contributed by atoms with van der Waals surface area (Å²) in [5.74, 6) is 1.99. The summed E-state index contributed by atoms with van der Waals surface area (Å²) in [5, 5.41) is 0. The van der Waals surface area contributed by atoms with Crippen molar-refractivity contribution in [1.29, 1.82) is 0 Å². The zero-order chi connectivity index (χ0) is 17.3. The Hall–Kier alpha value is -2.24. The number of nitrogens with zero attached hydrogens (tertiary/aromatic N) is 4. The molecule has 0 aliphatic carbocycles. The molecule has 24 heavy (non-hydrogen) atoms. The molecule has 0 unspecified atom stereocenters. The first-order valence-electron chi connectivity index (χ1n) is 8.45. The van der Waals surface area contributed by atoms with E-state index in [1.807, 2.05) is 17.9 Å². The van der Waals surface area contributed by atoms with E-state index >= 15 is 0 Å². The first kappa shape index (κ1) is 16.6. The molecule has 1 saturated heterocycles. The molecular formula is C18H25N5O. The van der Waals surface area contributed by atoms with Crippen molar-refractivity contribution in [3.05, 3.63) is 30.0 Å². The normalized spacial score (nSPS) is 18.2. The molecule has 0 saturated carbocycles. The Morgan fingerprint density at radius 1 is 1.38 bits per heavy atom. The lowest BCUT2D eigenvalue weighted by atomic mass is 9.91. The van der Waals surface area contributed by atoms with Gasteiger partial charge in [-0.25, -0.2) is 15.0 Å². The Kier molecular flexibility index (Phi) is 4.39. The molecule has 1 N–H and O–H groups in total. The highest BCUT2D eigenvalue weighted by Gasteiger charge is 2.30. The zero-order valence-electron chi connectivity index (χ0n) is 14.8. The average molecular weight is 327 g/mol. The number of H-pyrrole nitrogens is 1. The molecule has 1 amide bonds. The van der Waals surface area contributed by atoms with E-state index in [2.05, 4.69) is 40.7 Å². The van der Waals surface area contributed by atoms with Gasteiger partial charge in [-0.3, -0.25) is 4.79 Å². The van der Waals surface area contributed by atoms with Crippen molar-refractivity contribution in [2.24, 2.45) is 5.41 Å². The summed E-state index contributed by atoms with van der Waals surface area (Å²) in [6.07, 6.45) is 5.04. The molecule has 2 aromatic rings. The Labute approximate surface area is 142 Å². The van der Waals surface area contributed by atoms with Crippen LogP contribution in [-0.2, 0) is 4.79 Å². The number of carbonyl (C=O) groups excluding carboxylic acids is 1. The molecule has 128 valence electrons. The quantitative estimate of drug-likeness (QED) is 0.940. The van der Waals surface area contributed by atoms with Gasteiger partial charge in [-0.2, -0.15) is 0 Å². The summed E-state index contributed by atoms with van der Waals surface area (Å²) < 4.78 is 0. The number of imidazole rings is 1. The van der Waals surface area contributed by atoms with E-state index in [1.165, 1.54) is 0 Å². The third-order valence-corrected chi connectivity index (χ3v) is 4.24. The number of rotatable bonds is 3. The van der Waals surface area contributed by atoms with E-state index in [0.717, 1.165) is 42.5 Å². The minimum atomic E-state index is 0.0210. The Balaban J connectivity index is 1.75. The Bertz CT molecular complexity index is 718. The summed E-state index contributed by atoms with van der Waals surface area (Å²) in [5.41, 5.74) is 1.83. The molecule has 2 aromatic heterocycles. The van der Waals surface area contributed by atoms with Crippen LogP contribution in [-0.4, -0.2) is 43.8 Å². The fourth-order valence-corrected chi connectivity index (χ4v) is 3.12. The van der Waals surface area contributed by atoms with Gasteiger partial charge in [0.15, 0.2) is 5.82 Å². The second kappa shape index (κ2) is 6.34. The molecule has 3 rings (SSSR count). The van der Waals surface area contributed by atoms with Gasteiger partial charge in [0, 0.05) is 43.5 Å². The lowest BCUT2D eigenvalue weighted by molar-refractivity contribution is -0.132. The topological polar surface area (TPSA) is 74.8 Å². The largest absolute Gasteiger partial charge is 0.343 e. The van der Waals surface area contributed by atoms with E-state index in [0.29, 0.717) is 6.42 Å². The van der Waals surface area contributed by atoms with E-state index in [-0.39, 0.29) is 17.2 Å². The molecule has 1 aliphatic rings. The maximum Gasteiger partial charge on any atom is 0.223 e. The lowest BCUT2D eigenvalue weighted by Crippen LogP contribution is -2.31. The predicted molar refractivity (Wildman–Crippen MR) is 92.4 cm³/mol. The highest BCUT2D eigenvalue weighted by Crippen LogP contribution is 2.29. The summed E-state index contributed by atoms with van der Waals surface area (Å²) in [6.45, 7) is 9.74. The number of nitrogens with one attached hydrogen (secondary N) is 1. The van der Waals surface area contributed by atoms with Crippen LogP contribution in [0.4, 0.5) is 0 Å². The Morgan fingerprint density at radius 3 is 2.83 bits per heavy atom. The molecule has 6 nitrogen and oxygen atoms in total. The average Bonchev–Trinajstić information content (AvgIpc) is 3.17. The standard InChI is InChI=1S/C18H25N5O/c1-12-21-14(9-15(22-12)17-19-6-7-20-17)13-5-8-23(11-13)16(24)10-18(2,3)4/h6-7,9,13H,5,8,10-11H2,1-4H3,(H,19,20)/t13-/m1/s1. The first-order valence-corrected chi connectivity index (χ1v) is 8.45. The van der Waals surface area contributed by atoms with Crippen molar-refractivity contribution < 1.29 is 4.79 Å². The van der Waals surface area contributed by atoms with E-state index in [1.54, 1.807) is 12.4 Å². The smallest absolute Gasteiger partial charge is 0.223 e. The molecule has 1 atom stereocenters. The van der Waals surface area contributed by atoms with E-state index in [4.69, 9.17) is 0 Å². The van der Waals surface area contributed by atoms with Crippen molar-refractivity contribution in [1.82, 2.24) is 24.8 Å². The second-order valence-electron chi connectivity index (χ2n) is 7.73. The van der Waals surface area contributed by atoms with Gasteiger partial charge in [0.2, 0.25) is 5.91 Å². The molecule has 0 bridgehead atoms. The van der Waals surface area contributed by atoms with Crippen LogP contribution in [0.25, 0.3) is 11.5 Å². The van der Waals surface area contributed by atoms with Crippen LogP contribution in [0, 0.1) is 12.3 Å². The molecule has 3 heterocycles. The molecule has 0 aromatic carbocycles. The van der Waals surface area contributed by atoms with Gasteiger partial charge in [0.25, 0.3) is 0 Å². The summed E-state index contributed by atoms with van der Waals surface area (Å²) in [7, 11) is 0. The van der Waals surface area contributed by atoms with E-state index in [9.17, 15) is 4.79 Å². The maximum absolute atomic E-state index is 12.4. The highest BCUT2D eigenvalue weighted by atomic mass is 16.2.